The Labute approximate surface area is 156 Å². The summed E-state index contributed by atoms with van der Waals surface area (Å²) < 4.78 is 40.9. The average molecular weight is 384 g/mol. The third-order valence-corrected chi connectivity index (χ3v) is 5.27. The topological polar surface area (TPSA) is 75.3 Å². The number of hydrogen-bond donors (Lipinski definition) is 2. The Morgan fingerprint density at radius 2 is 1.48 bits per heavy atom. The molecule has 0 saturated heterocycles. The number of carbonyl (C=O) groups is 1. The van der Waals surface area contributed by atoms with E-state index in [9.17, 15) is 17.6 Å². The quantitative estimate of drug-likeness (QED) is 0.682. The van der Waals surface area contributed by atoms with Crippen LogP contribution in [0.25, 0.3) is 0 Å². The van der Waals surface area contributed by atoms with Gasteiger partial charge in [-0.05, 0) is 42.0 Å². The second kappa shape index (κ2) is 8.11. The zero-order valence-corrected chi connectivity index (χ0v) is 15.0. The fourth-order valence-electron chi connectivity index (χ4n) is 2.42. The predicted octanol–water partition coefficient (Wildman–Crippen LogP) is 3.56. The lowest BCUT2D eigenvalue weighted by atomic mass is 10.2. The number of nitrogens with one attached hydrogen (secondary N) is 2. The van der Waals surface area contributed by atoms with Crippen molar-refractivity contribution in [3.63, 3.8) is 0 Å². The highest BCUT2D eigenvalue weighted by atomic mass is 32.2. The average Bonchev–Trinajstić information content (AvgIpc) is 2.68. The molecule has 0 saturated carbocycles. The van der Waals surface area contributed by atoms with Gasteiger partial charge in [0.1, 0.15) is 5.82 Å². The van der Waals surface area contributed by atoms with E-state index in [-0.39, 0.29) is 17.0 Å². The zero-order valence-electron chi connectivity index (χ0n) is 14.2. The van der Waals surface area contributed by atoms with Crippen molar-refractivity contribution in [3.05, 3.63) is 95.8 Å². The van der Waals surface area contributed by atoms with E-state index in [2.05, 4.69) is 10.0 Å². The summed E-state index contributed by atoms with van der Waals surface area (Å²) in [4.78, 5) is 12.2. The molecule has 3 aromatic carbocycles. The fraction of sp³-hybridized carbons (Fsp3) is 0.0500. The van der Waals surface area contributed by atoms with Gasteiger partial charge >= 0.3 is 0 Å². The van der Waals surface area contributed by atoms with E-state index in [1.165, 1.54) is 42.5 Å². The lowest BCUT2D eigenvalue weighted by Gasteiger charge is -2.09. The van der Waals surface area contributed by atoms with Gasteiger partial charge in [-0.15, -0.1) is 0 Å². The molecule has 3 rings (SSSR count). The summed E-state index contributed by atoms with van der Waals surface area (Å²) in [5.74, 6) is -1.23. The molecule has 0 aromatic heterocycles. The molecule has 7 heteroatoms. The molecule has 0 radical (unpaired) electrons. The normalized spacial score (nSPS) is 11.1. The minimum absolute atomic E-state index is 0.0716. The Morgan fingerprint density at radius 1 is 0.852 bits per heavy atom. The molecule has 0 unspecified atom stereocenters. The summed E-state index contributed by atoms with van der Waals surface area (Å²) in [5, 5.41) is 2.54. The Bertz CT molecular complexity index is 1040. The maximum Gasteiger partial charge on any atom is 0.258 e. The van der Waals surface area contributed by atoms with Gasteiger partial charge in [-0.3, -0.25) is 4.79 Å². The molecule has 3 aromatic rings. The van der Waals surface area contributed by atoms with Crippen LogP contribution in [0.2, 0.25) is 0 Å². The lowest BCUT2D eigenvalue weighted by molar-refractivity contribution is 0.102. The van der Waals surface area contributed by atoms with Gasteiger partial charge < -0.3 is 5.32 Å². The van der Waals surface area contributed by atoms with Gasteiger partial charge in [-0.1, -0.05) is 42.5 Å². The number of rotatable bonds is 6. The van der Waals surface area contributed by atoms with Crippen molar-refractivity contribution in [2.45, 2.75) is 11.4 Å². The van der Waals surface area contributed by atoms with E-state index in [1.807, 2.05) is 30.3 Å². The first-order chi connectivity index (χ1) is 13.0. The monoisotopic (exact) mass is 384 g/mol. The Balaban J connectivity index is 1.67. The van der Waals surface area contributed by atoms with Crippen molar-refractivity contribution in [1.29, 1.82) is 0 Å². The third-order valence-electron chi connectivity index (χ3n) is 3.85. The summed E-state index contributed by atoms with van der Waals surface area (Å²) in [6.07, 6.45) is 0. The van der Waals surface area contributed by atoms with Crippen molar-refractivity contribution in [2.75, 3.05) is 5.32 Å². The molecule has 2 N–H and O–H groups in total. The molecule has 27 heavy (non-hydrogen) atoms. The van der Waals surface area contributed by atoms with Crippen molar-refractivity contribution in [3.8, 4) is 0 Å². The van der Waals surface area contributed by atoms with E-state index in [1.54, 1.807) is 6.07 Å². The van der Waals surface area contributed by atoms with Crippen LogP contribution in [0.1, 0.15) is 15.9 Å². The van der Waals surface area contributed by atoms with Gasteiger partial charge in [-0.25, -0.2) is 17.5 Å². The van der Waals surface area contributed by atoms with Gasteiger partial charge in [0.2, 0.25) is 10.0 Å². The molecule has 5 nitrogen and oxygen atoms in total. The van der Waals surface area contributed by atoms with Gasteiger partial charge in [-0.2, -0.15) is 0 Å². The first kappa shape index (κ1) is 18.8. The van der Waals surface area contributed by atoms with Gasteiger partial charge in [0.25, 0.3) is 5.91 Å². The van der Waals surface area contributed by atoms with Crippen LogP contribution in [0, 0.1) is 5.82 Å². The predicted molar refractivity (Wildman–Crippen MR) is 101 cm³/mol. The van der Waals surface area contributed by atoms with Crippen molar-refractivity contribution in [1.82, 2.24) is 4.72 Å². The second-order valence-electron chi connectivity index (χ2n) is 5.77. The summed E-state index contributed by atoms with van der Waals surface area (Å²) in [6, 6.07) is 20.5. The maximum atomic E-state index is 13.6. The minimum Gasteiger partial charge on any atom is -0.322 e. The Hall–Kier alpha value is -3.03. The van der Waals surface area contributed by atoms with Crippen LogP contribution >= 0.6 is 0 Å². The van der Waals surface area contributed by atoms with Crippen LogP contribution in [0.3, 0.4) is 0 Å². The maximum absolute atomic E-state index is 13.6. The molecule has 0 aliphatic heterocycles. The van der Waals surface area contributed by atoms with E-state index in [4.69, 9.17) is 0 Å². The van der Waals surface area contributed by atoms with E-state index in [0.29, 0.717) is 5.69 Å². The zero-order chi connectivity index (χ0) is 19.3. The number of amides is 1. The minimum atomic E-state index is -3.69. The van der Waals surface area contributed by atoms with Gasteiger partial charge in [0.05, 0.1) is 10.5 Å². The van der Waals surface area contributed by atoms with Gasteiger partial charge in [0.15, 0.2) is 0 Å². The first-order valence-electron chi connectivity index (χ1n) is 8.15. The highest BCUT2D eigenvalue weighted by molar-refractivity contribution is 7.89. The number of sulfonamides is 1. The van der Waals surface area contributed by atoms with E-state index >= 15 is 0 Å². The number of halogens is 1. The molecule has 0 bridgehead atoms. The summed E-state index contributed by atoms with van der Waals surface area (Å²) >= 11 is 0. The van der Waals surface area contributed by atoms with Crippen molar-refractivity contribution >= 4 is 21.6 Å². The van der Waals surface area contributed by atoms with Crippen LogP contribution in [0.15, 0.2) is 83.8 Å². The summed E-state index contributed by atoms with van der Waals surface area (Å²) in [7, 11) is -3.69. The molecular weight excluding hydrogens is 367 g/mol. The van der Waals surface area contributed by atoms with Crippen LogP contribution in [0.4, 0.5) is 10.1 Å². The van der Waals surface area contributed by atoms with Crippen LogP contribution < -0.4 is 10.0 Å². The standard InChI is InChI=1S/C20H17FN2O3S/c21-19-9-5-4-8-18(19)20(24)23-16-10-12-17(13-11-16)27(25,26)22-14-15-6-2-1-3-7-15/h1-13,22H,14H2,(H,23,24). The molecule has 0 fully saturated rings. The molecule has 0 aliphatic rings. The molecule has 0 aliphatic carbocycles. The third kappa shape index (κ3) is 4.78. The molecule has 0 atom stereocenters. The number of carbonyl (C=O) groups excluding carboxylic acids is 1. The van der Waals surface area contributed by atoms with Crippen LogP contribution in [-0.2, 0) is 16.6 Å². The lowest BCUT2D eigenvalue weighted by Crippen LogP contribution is -2.23. The molecule has 0 heterocycles. The highest BCUT2D eigenvalue weighted by Gasteiger charge is 2.15. The van der Waals surface area contributed by atoms with Gasteiger partial charge in [0, 0.05) is 12.2 Å². The van der Waals surface area contributed by atoms with E-state index in [0.717, 1.165) is 5.56 Å². The fourth-order valence-corrected chi connectivity index (χ4v) is 3.44. The van der Waals surface area contributed by atoms with Crippen LogP contribution in [0.5, 0.6) is 0 Å². The van der Waals surface area contributed by atoms with Crippen molar-refractivity contribution < 1.29 is 17.6 Å². The molecular formula is C20H17FN2O3S. The number of benzene rings is 3. The Morgan fingerprint density at radius 3 is 2.15 bits per heavy atom. The van der Waals surface area contributed by atoms with Crippen LogP contribution in [-0.4, -0.2) is 14.3 Å². The second-order valence-corrected chi connectivity index (χ2v) is 7.54. The number of anilines is 1. The molecule has 0 spiro atoms. The smallest absolute Gasteiger partial charge is 0.258 e. The summed E-state index contributed by atoms with van der Waals surface area (Å²) in [6.45, 7) is 0.176. The largest absolute Gasteiger partial charge is 0.322 e. The van der Waals surface area contributed by atoms with E-state index < -0.39 is 21.7 Å². The molecule has 138 valence electrons. The van der Waals surface area contributed by atoms with Crippen molar-refractivity contribution in [2.24, 2.45) is 0 Å². The SMILES string of the molecule is O=C(Nc1ccc(S(=O)(=O)NCc2ccccc2)cc1)c1ccccc1F. The highest BCUT2D eigenvalue weighted by Crippen LogP contribution is 2.16. The first-order valence-corrected chi connectivity index (χ1v) is 9.63. The Kier molecular flexibility index (Phi) is 5.63. The summed E-state index contributed by atoms with van der Waals surface area (Å²) in [5.41, 5.74) is 1.12. The molecule has 1 amide bonds. The number of hydrogen-bond acceptors (Lipinski definition) is 3.